The van der Waals surface area contributed by atoms with Crippen LogP contribution in [-0.4, -0.2) is 22.5 Å². The quantitative estimate of drug-likeness (QED) is 0.939. The summed E-state index contributed by atoms with van der Waals surface area (Å²) in [5.74, 6) is 0.727. The maximum atomic E-state index is 6.28. The summed E-state index contributed by atoms with van der Waals surface area (Å²) in [6.07, 6.45) is 4.27. The van der Waals surface area contributed by atoms with E-state index in [0.29, 0.717) is 0 Å². The van der Waals surface area contributed by atoms with Crippen LogP contribution in [0.15, 0.2) is 24.3 Å². The molecule has 4 nitrogen and oxygen atoms in total. The molecule has 1 aromatic heterocycles. The fourth-order valence-electron chi connectivity index (χ4n) is 3.19. The van der Waals surface area contributed by atoms with E-state index in [9.17, 15) is 0 Å². The zero-order valence-corrected chi connectivity index (χ0v) is 13.0. The summed E-state index contributed by atoms with van der Waals surface area (Å²) >= 11 is 0. The molecule has 1 heterocycles. The second-order valence-corrected chi connectivity index (χ2v) is 6.06. The molecule has 1 aliphatic rings. The molecule has 3 rings (SSSR count). The van der Waals surface area contributed by atoms with Crippen molar-refractivity contribution in [3.05, 3.63) is 35.5 Å². The minimum absolute atomic E-state index is 0.0434. The molecule has 0 saturated heterocycles. The molecule has 2 N–H and O–H groups in total. The fraction of sp³-hybridized carbons (Fsp3) is 0.471. The number of ether oxygens (including phenoxy) is 1. The molecule has 0 atom stereocenters. The molecule has 2 aromatic rings. The van der Waals surface area contributed by atoms with Gasteiger partial charge in [0.2, 0.25) is 0 Å². The van der Waals surface area contributed by atoms with E-state index in [2.05, 4.69) is 24.2 Å². The molecule has 1 aromatic carbocycles. The van der Waals surface area contributed by atoms with E-state index in [-0.39, 0.29) is 5.60 Å². The Balaban J connectivity index is 2.06. The van der Waals surface area contributed by atoms with Crippen LogP contribution in [0.25, 0.3) is 11.1 Å². The minimum atomic E-state index is -0.0434. The van der Waals surface area contributed by atoms with Crippen LogP contribution in [0, 0.1) is 6.92 Å². The van der Waals surface area contributed by atoms with Crippen molar-refractivity contribution in [1.29, 1.82) is 0 Å². The lowest BCUT2D eigenvalue weighted by atomic mass is 9.76. The second kappa shape index (κ2) is 5.19. The van der Waals surface area contributed by atoms with Crippen LogP contribution in [0.5, 0.6) is 0 Å². The van der Waals surface area contributed by atoms with Gasteiger partial charge < -0.3 is 10.5 Å². The van der Waals surface area contributed by atoms with Gasteiger partial charge in [-0.2, -0.15) is 5.10 Å². The van der Waals surface area contributed by atoms with E-state index < -0.39 is 0 Å². The Morgan fingerprint density at radius 1 is 1.33 bits per heavy atom. The molecular formula is C17H23N3O. The molecule has 1 aliphatic carbocycles. The molecule has 1 fully saturated rings. The highest BCUT2D eigenvalue weighted by Crippen LogP contribution is 2.41. The summed E-state index contributed by atoms with van der Waals surface area (Å²) in [7, 11) is 3.71. The number of nitrogens with zero attached hydrogens (tertiary/aromatic N) is 2. The van der Waals surface area contributed by atoms with Crippen LogP contribution in [0.1, 0.15) is 30.5 Å². The molecular weight excluding hydrogens is 262 g/mol. The van der Waals surface area contributed by atoms with Crippen molar-refractivity contribution >= 4 is 5.82 Å². The Hall–Kier alpha value is -1.81. The van der Waals surface area contributed by atoms with Gasteiger partial charge in [-0.3, -0.25) is 4.68 Å². The van der Waals surface area contributed by atoms with Crippen molar-refractivity contribution in [3.8, 4) is 11.1 Å². The Morgan fingerprint density at radius 3 is 2.62 bits per heavy atom. The number of nitrogens with two attached hydrogens (primary N) is 1. The topological polar surface area (TPSA) is 53.1 Å². The molecule has 0 spiro atoms. The van der Waals surface area contributed by atoms with Gasteiger partial charge in [0.1, 0.15) is 5.82 Å². The lowest BCUT2D eigenvalue weighted by Crippen LogP contribution is -2.41. The lowest BCUT2D eigenvalue weighted by Gasteiger charge is -2.40. The average Bonchev–Trinajstić information content (AvgIpc) is 2.70. The smallest absolute Gasteiger partial charge is 0.129 e. The first-order chi connectivity index (χ1) is 10.1. The van der Waals surface area contributed by atoms with Crippen LogP contribution in [0.4, 0.5) is 5.82 Å². The van der Waals surface area contributed by atoms with Gasteiger partial charge in [0, 0.05) is 26.1 Å². The highest BCUT2D eigenvalue weighted by Gasteiger charge is 2.39. The molecule has 0 amide bonds. The molecule has 112 valence electrons. The number of benzene rings is 1. The number of hydrogen-bond acceptors (Lipinski definition) is 3. The monoisotopic (exact) mass is 285 g/mol. The van der Waals surface area contributed by atoms with Crippen molar-refractivity contribution in [2.75, 3.05) is 12.8 Å². The van der Waals surface area contributed by atoms with Crippen LogP contribution in [0.2, 0.25) is 0 Å². The summed E-state index contributed by atoms with van der Waals surface area (Å²) in [6, 6.07) is 8.33. The van der Waals surface area contributed by atoms with E-state index in [4.69, 9.17) is 10.5 Å². The molecule has 0 unspecified atom stereocenters. The summed E-state index contributed by atoms with van der Waals surface area (Å²) < 4.78 is 7.53. The first-order valence-electron chi connectivity index (χ1n) is 7.49. The third kappa shape index (κ3) is 2.33. The Kier molecular flexibility index (Phi) is 3.49. The van der Waals surface area contributed by atoms with Gasteiger partial charge in [-0.1, -0.05) is 24.3 Å². The van der Waals surface area contributed by atoms with Gasteiger partial charge in [0.05, 0.1) is 11.3 Å². The second-order valence-electron chi connectivity index (χ2n) is 6.06. The first kappa shape index (κ1) is 14.1. The zero-order valence-electron chi connectivity index (χ0n) is 13.0. The number of hydrogen-bond donors (Lipinski definition) is 1. The van der Waals surface area contributed by atoms with Gasteiger partial charge in [-0.05, 0) is 37.3 Å². The van der Waals surface area contributed by atoms with Crippen LogP contribution >= 0.6 is 0 Å². The summed E-state index contributed by atoms with van der Waals surface area (Å²) in [6.45, 7) is 2.11. The van der Waals surface area contributed by atoms with Gasteiger partial charge in [0.15, 0.2) is 0 Å². The number of rotatable bonds is 4. The van der Waals surface area contributed by atoms with E-state index in [1.165, 1.54) is 17.5 Å². The van der Waals surface area contributed by atoms with Crippen LogP contribution in [0.3, 0.4) is 0 Å². The SMILES string of the molecule is COC1(Cc2nn(C)c(N)c2-c2ccccc2C)CCC1. The molecule has 0 radical (unpaired) electrons. The van der Waals surface area contributed by atoms with E-state index >= 15 is 0 Å². The van der Waals surface area contributed by atoms with E-state index in [0.717, 1.165) is 36.3 Å². The Bertz CT molecular complexity index is 651. The standard InChI is InChI=1S/C17H23N3O/c1-12-7-4-5-8-13(12)15-14(19-20(2)16(15)18)11-17(21-3)9-6-10-17/h4-5,7-8H,6,9-11,18H2,1-3H3. The van der Waals surface area contributed by atoms with Crippen molar-refractivity contribution in [3.63, 3.8) is 0 Å². The Morgan fingerprint density at radius 2 is 2.05 bits per heavy atom. The predicted octanol–water partition coefficient (Wildman–Crippen LogP) is 3.09. The minimum Gasteiger partial charge on any atom is -0.383 e. The van der Waals surface area contributed by atoms with E-state index in [1.807, 2.05) is 19.2 Å². The molecule has 1 saturated carbocycles. The maximum absolute atomic E-state index is 6.28. The summed E-state index contributed by atoms with van der Waals surface area (Å²) in [4.78, 5) is 0. The maximum Gasteiger partial charge on any atom is 0.129 e. The predicted molar refractivity (Wildman–Crippen MR) is 85.1 cm³/mol. The lowest BCUT2D eigenvalue weighted by molar-refractivity contribution is -0.0714. The van der Waals surface area contributed by atoms with Crippen molar-refractivity contribution in [2.24, 2.45) is 7.05 Å². The van der Waals surface area contributed by atoms with Crippen LogP contribution < -0.4 is 5.73 Å². The first-order valence-corrected chi connectivity index (χ1v) is 7.49. The highest BCUT2D eigenvalue weighted by atomic mass is 16.5. The molecule has 4 heteroatoms. The number of methoxy groups -OCH3 is 1. The normalized spacial score (nSPS) is 16.7. The van der Waals surface area contributed by atoms with Gasteiger partial charge in [-0.25, -0.2) is 0 Å². The van der Waals surface area contributed by atoms with Crippen molar-refractivity contribution in [2.45, 2.75) is 38.2 Å². The zero-order chi connectivity index (χ0) is 15.0. The van der Waals surface area contributed by atoms with Gasteiger partial charge in [-0.15, -0.1) is 0 Å². The number of aryl methyl sites for hydroxylation is 2. The van der Waals surface area contributed by atoms with Crippen molar-refractivity contribution in [1.82, 2.24) is 9.78 Å². The fourth-order valence-corrected chi connectivity index (χ4v) is 3.19. The third-order valence-corrected chi connectivity index (χ3v) is 4.77. The molecule has 21 heavy (non-hydrogen) atoms. The van der Waals surface area contributed by atoms with Gasteiger partial charge >= 0.3 is 0 Å². The number of aromatic nitrogens is 2. The average molecular weight is 285 g/mol. The summed E-state index contributed by atoms with van der Waals surface area (Å²) in [5, 5.41) is 4.65. The van der Waals surface area contributed by atoms with Crippen LogP contribution in [-0.2, 0) is 18.2 Å². The van der Waals surface area contributed by atoms with Crippen molar-refractivity contribution < 1.29 is 4.74 Å². The van der Waals surface area contributed by atoms with Gasteiger partial charge in [0.25, 0.3) is 0 Å². The highest BCUT2D eigenvalue weighted by molar-refractivity contribution is 5.79. The Labute approximate surface area is 125 Å². The third-order valence-electron chi connectivity index (χ3n) is 4.77. The summed E-state index contributed by atoms with van der Waals surface area (Å²) in [5.41, 5.74) is 10.7. The van der Waals surface area contributed by atoms with E-state index in [1.54, 1.807) is 11.8 Å². The molecule has 0 aliphatic heterocycles. The number of nitrogen functional groups attached to an aromatic ring is 1. The molecule has 0 bridgehead atoms. The largest absolute Gasteiger partial charge is 0.383 e. The number of anilines is 1.